The Labute approximate surface area is 202 Å². The summed E-state index contributed by atoms with van der Waals surface area (Å²) in [4.78, 5) is 2.52. The second-order valence-corrected chi connectivity index (χ2v) is 9.94. The van der Waals surface area contributed by atoms with Crippen molar-refractivity contribution in [2.75, 3.05) is 45.3 Å². The standard InChI is InChI=1S/C25H30F4N4O2/c1-34-23-3-2-18(26)10-20(23)22-11-21(25(27,28)29)24(32-31-22)30-19-8-16-13-33(14-17(16)9-19)12-15-4-6-35-7-5-15/h2-3,10-11,15-17,19H,4-9,12-14H2,1H3,(H,30,32)/t16-,17+,19-. The number of rotatable bonds is 6. The minimum Gasteiger partial charge on any atom is -0.496 e. The highest BCUT2D eigenvalue weighted by Gasteiger charge is 2.43. The summed E-state index contributed by atoms with van der Waals surface area (Å²) in [5.74, 6) is 0.984. The fraction of sp³-hybridized carbons (Fsp3) is 0.600. The third kappa shape index (κ3) is 5.38. The summed E-state index contributed by atoms with van der Waals surface area (Å²) >= 11 is 0. The molecule has 1 saturated carbocycles. The van der Waals surface area contributed by atoms with E-state index in [9.17, 15) is 17.6 Å². The monoisotopic (exact) mass is 494 g/mol. The van der Waals surface area contributed by atoms with Gasteiger partial charge in [-0.1, -0.05) is 0 Å². The molecule has 190 valence electrons. The van der Waals surface area contributed by atoms with Crippen molar-refractivity contribution in [3.8, 4) is 17.0 Å². The van der Waals surface area contributed by atoms with Crippen molar-refractivity contribution >= 4 is 5.82 Å². The Morgan fingerprint density at radius 2 is 1.80 bits per heavy atom. The van der Waals surface area contributed by atoms with E-state index in [0.29, 0.717) is 17.8 Å². The maximum absolute atomic E-state index is 14.0. The van der Waals surface area contributed by atoms with E-state index >= 15 is 0 Å². The van der Waals surface area contributed by atoms with Crippen LogP contribution in [0.3, 0.4) is 0 Å². The lowest BCUT2D eigenvalue weighted by Gasteiger charge is -2.28. The van der Waals surface area contributed by atoms with Gasteiger partial charge in [0.05, 0.1) is 12.8 Å². The van der Waals surface area contributed by atoms with Crippen molar-refractivity contribution in [3.05, 3.63) is 35.6 Å². The number of alkyl halides is 3. The van der Waals surface area contributed by atoms with E-state index in [2.05, 4.69) is 20.4 Å². The molecule has 2 saturated heterocycles. The molecule has 2 aromatic rings. The Bertz CT molecular complexity index is 1030. The van der Waals surface area contributed by atoms with E-state index in [1.165, 1.54) is 19.2 Å². The van der Waals surface area contributed by atoms with Crippen molar-refractivity contribution < 1.29 is 27.0 Å². The zero-order chi connectivity index (χ0) is 24.6. The second kappa shape index (κ2) is 9.89. The summed E-state index contributed by atoms with van der Waals surface area (Å²) in [6.07, 6.45) is -0.803. The Morgan fingerprint density at radius 1 is 1.09 bits per heavy atom. The minimum atomic E-state index is -4.64. The highest BCUT2D eigenvalue weighted by molar-refractivity contribution is 5.69. The number of nitrogens with one attached hydrogen (secondary N) is 1. The molecule has 0 bridgehead atoms. The fourth-order valence-electron chi connectivity index (χ4n) is 5.88. The Kier molecular flexibility index (Phi) is 6.85. The van der Waals surface area contributed by atoms with Crippen LogP contribution in [-0.4, -0.2) is 61.1 Å². The summed E-state index contributed by atoms with van der Waals surface area (Å²) in [7, 11) is 1.37. The van der Waals surface area contributed by atoms with Crippen LogP contribution in [0.1, 0.15) is 31.2 Å². The Morgan fingerprint density at radius 3 is 2.46 bits per heavy atom. The molecular formula is C25H30F4N4O2. The number of anilines is 1. The second-order valence-electron chi connectivity index (χ2n) is 9.94. The molecular weight excluding hydrogens is 464 g/mol. The topological polar surface area (TPSA) is 59.5 Å². The largest absolute Gasteiger partial charge is 0.496 e. The number of hydrogen-bond donors (Lipinski definition) is 1. The third-order valence-corrected chi connectivity index (χ3v) is 7.56. The zero-order valence-corrected chi connectivity index (χ0v) is 19.7. The summed E-state index contributed by atoms with van der Waals surface area (Å²) in [6.45, 7) is 4.76. The van der Waals surface area contributed by atoms with Gasteiger partial charge in [0.1, 0.15) is 17.1 Å². The predicted octanol–water partition coefficient (Wildman–Crippen LogP) is 4.86. The predicted molar refractivity (Wildman–Crippen MR) is 123 cm³/mol. The molecule has 0 radical (unpaired) electrons. The lowest BCUT2D eigenvalue weighted by molar-refractivity contribution is -0.137. The van der Waals surface area contributed by atoms with Gasteiger partial charge in [-0.25, -0.2) is 4.39 Å². The molecule has 0 spiro atoms. The van der Waals surface area contributed by atoms with Crippen LogP contribution in [-0.2, 0) is 10.9 Å². The first-order valence-corrected chi connectivity index (χ1v) is 12.2. The lowest BCUT2D eigenvalue weighted by atomic mass is 10.00. The SMILES string of the molecule is COc1ccc(F)cc1-c1cc(C(F)(F)F)c(N[C@@H]2C[C@@H]3CN(CC4CCOCC4)C[C@@H]3C2)nn1. The van der Waals surface area contributed by atoms with Gasteiger partial charge in [0, 0.05) is 44.5 Å². The number of halogens is 4. The minimum absolute atomic E-state index is 0.0832. The van der Waals surface area contributed by atoms with Gasteiger partial charge >= 0.3 is 6.18 Å². The summed E-state index contributed by atoms with van der Waals surface area (Å²) in [6, 6.07) is 4.46. The Hall–Kier alpha value is -2.46. The van der Waals surface area contributed by atoms with Crippen LogP contribution in [0.15, 0.2) is 24.3 Å². The fourth-order valence-corrected chi connectivity index (χ4v) is 5.88. The molecule has 10 heteroatoms. The van der Waals surface area contributed by atoms with Crippen molar-refractivity contribution in [2.45, 2.75) is 37.9 Å². The van der Waals surface area contributed by atoms with Crippen molar-refractivity contribution in [1.29, 1.82) is 0 Å². The molecule has 1 aromatic heterocycles. The molecule has 6 nitrogen and oxygen atoms in total. The average molecular weight is 495 g/mol. The average Bonchev–Trinajstić information content (AvgIpc) is 3.37. The van der Waals surface area contributed by atoms with Gasteiger partial charge in [-0.05, 0) is 67.7 Å². The van der Waals surface area contributed by atoms with Gasteiger partial charge in [0.25, 0.3) is 0 Å². The van der Waals surface area contributed by atoms with Crippen LogP contribution >= 0.6 is 0 Å². The molecule has 3 heterocycles. The van der Waals surface area contributed by atoms with E-state index in [1.54, 1.807) is 0 Å². The van der Waals surface area contributed by atoms with E-state index in [0.717, 1.165) is 70.7 Å². The van der Waals surface area contributed by atoms with Gasteiger partial charge in [-0.3, -0.25) is 0 Å². The van der Waals surface area contributed by atoms with Crippen LogP contribution < -0.4 is 10.1 Å². The summed E-state index contributed by atoms with van der Waals surface area (Å²) in [5.41, 5.74) is -0.879. The maximum atomic E-state index is 14.0. The first-order valence-electron chi connectivity index (χ1n) is 12.2. The molecule has 2 aliphatic heterocycles. The van der Waals surface area contributed by atoms with Crippen LogP contribution in [0.5, 0.6) is 5.75 Å². The number of nitrogens with zero attached hydrogens (tertiary/aromatic N) is 3. The molecule has 1 aliphatic carbocycles. The number of aromatic nitrogens is 2. The normalized spacial score (nSPS) is 25.6. The highest BCUT2D eigenvalue weighted by Crippen LogP contribution is 2.42. The molecule has 3 fully saturated rings. The van der Waals surface area contributed by atoms with Gasteiger partial charge in [-0.2, -0.15) is 13.2 Å². The van der Waals surface area contributed by atoms with Crippen LogP contribution in [0, 0.1) is 23.6 Å². The van der Waals surface area contributed by atoms with Crippen LogP contribution in [0.4, 0.5) is 23.4 Å². The smallest absolute Gasteiger partial charge is 0.420 e. The first kappa shape index (κ1) is 24.2. The van der Waals surface area contributed by atoms with E-state index in [-0.39, 0.29) is 28.9 Å². The number of benzene rings is 1. The van der Waals surface area contributed by atoms with Gasteiger partial charge < -0.3 is 19.7 Å². The van der Waals surface area contributed by atoms with Crippen LogP contribution in [0.2, 0.25) is 0 Å². The molecule has 35 heavy (non-hydrogen) atoms. The van der Waals surface area contributed by atoms with Crippen molar-refractivity contribution in [1.82, 2.24) is 15.1 Å². The summed E-state index contributed by atoms with van der Waals surface area (Å²) in [5, 5.41) is 10.9. The lowest BCUT2D eigenvalue weighted by Crippen LogP contribution is -2.32. The van der Waals surface area contributed by atoms with Crippen LogP contribution in [0.25, 0.3) is 11.3 Å². The summed E-state index contributed by atoms with van der Waals surface area (Å²) < 4.78 is 66.3. The highest BCUT2D eigenvalue weighted by atomic mass is 19.4. The molecule has 1 aromatic carbocycles. The van der Waals surface area contributed by atoms with Gasteiger partial charge in [-0.15, -0.1) is 10.2 Å². The Balaban J connectivity index is 1.28. The van der Waals surface area contributed by atoms with Crippen molar-refractivity contribution in [2.24, 2.45) is 17.8 Å². The van der Waals surface area contributed by atoms with Gasteiger partial charge in [0.2, 0.25) is 0 Å². The number of likely N-dealkylation sites (tertiary alicyclic amines) is 1. The van der Waals surface area contributed by atoms with Crippen molar-refractivity contribution in [3.63, 3.8) is 0 Å². The molecule has 0 unspecified atom stereocenters. The number of methoxy groups -OCH3 is 1. The first-order chi connectivity index (χ1) is 16.8. The molecule has 1 N–H and O–H groups in total. The van der Waals surface area contributed by atoms with Gasteiger partial charge in [0.15, 0.2) is 5.82 Å². The maximum Gasteiger partial charge on any atom is 0.420 e. The number of fused-ring (bicyclic) bond motifs is 1. The quantitative estimate of drug-likeness (QED) is 0.579. The molecule has 0 amide bonds. The van der Waals surface area contributed by atoms with E-state index < -0.39 is 17.6 Å². The molecule has 3 aliphatic rings. The third-order valence-electron chi connectivity index (χ3n) is 7.56. The number of hydrogen-bond acceptors (Lipinski definition) is 6. The van der Waals surface area contributed by atoms with E-state index in [4.69, 9.17) is 9.47 Å². The zero-order valence-electron chi connectivity index (χ0n) is 19.7. The molecule has 5 rings (SSSR count). The molecule has 3 atom stereocenters. The number of ether oxygens (including phenoxy) is 2. The van der Waals surface area contributed by atoms with E-state index in [1.807, 2.05) is 0 Å².